The van der Waals surface area contributed by atoms with Crippen LogP contribution in [0.4, 0.5) is 9.18 Å². The molecule has 0 aliphatic carbocycles. The van der Waals surface area contributed by atoms with Crippen molar-refractivity contribution in [3.05, 3.63) is 34.1 Å². The van der Waals surface area contributed by atoms with Crippen LogP contribution in [0.15, 0.2) is 27.8 Å². The summed E-state index contributed by atoms with van der Waals surface area (Å²) in [6, 6.07) is 4.75. The minimum atomic E-state index is -0.646. The average molecular weight is 387 g/mol. The minimum absolute atomic E-state index is 0.0592. The molecule has 0 spiro atoms. The Morgan fingerprint density at radius 1 is 1.57 bits per heavy atom. The number of ether oxygens (including phenoxy) is 2. The number of hydrazone groups is 1. The first-order valence-electron chi connectivity index (χ1n) is 7.51. The average Bonchev–Trinajstić information content (AvgIpc) is 3.01. The number of benzene rings is 1. The Balaban J connectivity index is 2.17. The zero-order chi connectivity index (χ0) is 16.8. The highest BCUT2D eigenvalue weighted by Crippen LogP contribution is 2.23. The van der Waals surface area contributed by atoms with Crippen LogP contribution >= 0.6 is 15.9 Å². The van der Waals surface area contributed by atoms with Crippen molar-refractivity contribution in [1.82, 2.24) is 5.43 Å². The molecule has 1 aliphatic rings. The van der Waals surface area contributed by atoms with Crippen LogP contribution in [0.25, 0.3) is 0 Å². The van der Waals surface area contributed by atoms with Crippen LogP contribution in [0.2, 0.25) is 0 Å². The zero-order valence-corrected chi connectivity index (χ0v) is 14.7. The predicted molar refractivity (Wildman–Crippen MR) is 88.9 cm³/mol. The van der Waals surface area contributed by atoms with Crippen molar-refractivity contribution in [3.63, 3.8) is 0 Å². The Morgan fingerprint density at radius 3 is 2.96 bits per heavy atom. The molecule has 1 amide bonds. The van der Waals surface area contributed by atoms with Gasteiger partial charge >= 0.3 is 6.09 Å². The summed E-state index contributed by atoms with van der Waals surface area (Å²) < 4.78 is 25.2. The molecule has 1 saturated heterocycles. The van der Waals surface area contributed by atoms with Crippen molar-refractivity contribution in [2.45, 2.75) is 20.3 Å². The summed E-state index contributed by atoms with van der Waals surface area (Å²) in [7, 11) is 0. The summed E-state index contributed by atoms with van der Waals surface area (Å²) in [5.74, 6) is -0.227. The normalized spacial score (nSPS) is 18.3. The summed E-state index contributed by atoms with van der Waals surface area (Å²) in [6.45, 7) is 5.23. The van der Waals surface area contributed by atoms with Gasteiger partial charge in [-0.3, -0.25) is 0 Å². The van der Waals surface area contributed by atoms with E-state index < -0.39 is 11.9 Å². The van der Waals surface area contributed by atoms with Gasteiger partial charge in [-0.05, 0) is 30.5 Å². The van der Waals surface area contributed by atoms with E-state index in [9.17, 15) is 9.18 Å². The Kier molecular flexibility index (Phi) is 6.53. The van der Waals surface area contributed by atoms with E-state index in [1.807, 2.05) is 13.8 Å². The number of nitrogens with zero attached hydrogens (tertiary/aromatic N) is 1. The fourth-order valence-electron chi connectivity index (χ4n) is 2.20. The fourth-order valence-corrected chi connectivity index (χ4v) is 2.53. The summed E-state index contributed by atoms with van der Waals surface area (Å²) in [6.07, 6.45) is 0.0875. The van der Waals surface area contributed by atoms with E-state index in [0.717, 1.165) is 6.42 Å². The lowest BCUT2D eigenvalue weighted by atomic mass is 9.96. The molecular weight excluding hydrogens is 367 g/mol. The molecule has 1 aromatic carbocycles. The van der Waals surface area contributed by atoms with E-state index in [2.05, 4.69) is 26.5 Å². The second-order valence-electron chi connectivity index (χ2n) is 5.79. The number of hydrogen-bond acceptors (Lipinski definition) is 4. The molecule has 5 nitrogen and oxygen atoms in total. The maximum atomic E-state index is 14.2. The van der Waals surface area contributed by atoms with Crippen molar-refractivity contribution in [3.8, 4) is 0 Å². The molecule has 1 unspecified atom stereocenters. The Hall–Kier alpha value is -1.47. The molecule has 126 valence electrons. The standard InChI is InChI=1S/C16H20BrFN2O3/c1-10(2)8-23-16(21)20-19-15(11-5-6-22-9-11)13-4-3-12(17)7-14(13)18/h3-4,7,10-11H,5-6,8-9H2,1-2H3,(H,20,21). The van der Waals surface area contributed by atoms with Crippen molar-refractivity contribution in [1.29, 1.82) is 0 Å². The minimum Gasteiger partial charge on any atom is -0.448 e. The molecule has 1 aliphatic heterocycles. The van der Waals surface area contributed by atoms with Crippen LogP contribution in [0, 0.1) is 17.7 Å². The molecular formula is C16H20BrFN2O3. The van der Waals surface area contributed by atoms with Crippen LogP contribution in [-0.4, -0.2) is 31.6 Å². The molecule has 23 heavy (non-hydrogen) atoms. The van der Waals surface area contributed by atoms with Crippen molar-refractivity contribution in [2.75, 3.05) is 19.8 Å². The predicted octanol–water partition coefficient (Wildman–Crippen LogP) is 3.71. The van der Waals surface area contributed by atoms with Crippen LogP contribution in [0.5, 0.6) is 0 Å². The molecule has 1 aromatic rings. The van der Waals surface area contributed by atoms with Gasteiger partial charge in [0, 0.05) is 22.6 Å². The number of amides is 1. The van der Waals surface area contributed by atoms with E-state index >= 15 is 0 Å². The highest BCUT2D eigenvalue weighted by molar-refractivity contribution is 9.10. The maximum absolute atomic E-state index is 14.2. The van der Waals surface area contributed by atoms with Crippen LogP contribution < -0.4 is 5.43 Å². The summed E-state index contributed by atoms with van der Waals surface area (Å²) in [4.78, 5) is 11.7. The summed E-state index contributed by atoms with van der Waals surface area (Å²) in [5, 5.41) is 4.10. The molecule has 1 N–H and O–H groups in total. The lowest BCUT2D eigenvalue weighted by Gasteiger charge is -2.14. The quantitative estimate of drug-likeness (QED) is 0.619. The third kappa shape index (κ3) is 5.28. The topological polar surface area (TPSA) is 59.9 Å². The molecule has 2 rings (SSSR count). The van der Waals surface area contributed by atoms with Gasteiger partial charge in [-0.2, -0.15) is 5.10 Å². The number of carbonyl (C=O) groups is 1. The van der Waals surface area contributed by atoms with Crippen molar-refractivity contribution < 1.29 is 18.7 Å². The van der Waals surface area contributed by atoms with E-state index in [4.69, 9.17) is 9.47 Å². The molecule has 0 radical (unpaired) electrons. The van der Waals surface area contributed by atoms with Gasteiger partial charge in [0.2, 0.25) is 0 Å². The van der Waals surface area contributed by atoms with Gasteiger partial charge < -0.3 is 9.47 Å². The summed E-state index contributed by atoms with van der Waals surface area (Å²) in [5.41, 5.74) is 3.17. The molecule has 1 heterocycles. The Bertz CT molecular complexity index is 587. The first kappa shape index (κ1) is 17.9. The molecule has 1 atom stereocenters. The van der Waals surface area contributed by atoms with Gasteiger partial charge in [-0.25, -0.2) is 14.6 Å². The second kappa shape index (κ2) is 8.40. The van der Waals surface area contributed by atoms with E-state index in [1.54, 1.807) is 12.1 Å². The highest BCUT2D eigenvalue weighted by atomic mass is 79.9. The molecule has 7 heteroatoms. The highest BCUT2D eigenvalue weighted by Gasteiger charge is 2.25. The third-order valence-corrected chi connectivity index (χ3v) is 3.83. The third-order valence-electron chi connectivity index (χ3n) is 3.34. The molecule has 0 saturated carbocycles. The van der Waals surface area contributed by atoms with Gasteiger partial charge in [0.25, 0.3) is 0 Å². The van der Waals surface area contributed by atoms with Gasteiger partial charge in [-0.15, -0.1) is 0 Å². The smallest absolute Gasteiger partial charge is 0.427 e. The Morgan fingerprint density at radius 2 is 2.35 bits per heavy atom. The second-order valence-corrected chi connectivity index (χ2v) is 6.70. The van der Waals surface area contributed by atoms with Crippen LogP contribution in [-0.2, 0) is 9.47 Å². The molecule has 0 aromatic heterocycles. The number of hydrogen-bond donors (Lipinski definition) is 1. The lowest BCUT2D eigenvalue weighted by molar-refractivity contribution is 0.133. The first-order valence-corrected chi connectivity index (χ1v) is 8.30. The zero-order valence-electron chi connectivity index (χ0n) is 13.1. The fraction of sp³-hybridized carbons (Fsp3) is 0.500. The van der Waals surface area contributed by atoms with E-state index in [1.165, 1.54) is 6.07 Å². The number of halogens is 2. The lowest BCUT2D eigenvalue weighted by Crippen LogP contribution is -2.26. The number of carbonyl (C=O) groups excluding carboxylic acids is 1. The van der Waals surface area contributed by atoms with Gasteiger partial charge in [0.15, 0.2) is 0 Å². The van der Waals surface area contributed by atoms with E-state index in [0.29, 0.717) is 35.6 Å². The van der Waals surface area contributed by atoms with Crippen LogP contribution in [0.3, 0.4) is 0 Å². The summed E-state index contributed by atoms with van der Waals surface area (Å²) >= 11 is 3.23. The largest absolute Gasteiger partial charge is 0.448 e. The number of rotatable bonds is 5. The molecule has 1 fully saturated rings. The Labute approximate surface area is 143 Å². The van der Waals surface area contributed by atoms with Gasteiger partial charge in [-0.1, -0.05) is 29.8 Å². The van der Waals surface area contributed by atoms with Crippen molar-refractivity contribution in [2.24, 2.45) is 16.9 Å². The monoisotopic (exact) mass is 386 g/mol. The van der Waals surface area contributed by atoms with Gasteiger partial charge in [0.1, 0.15) is 5.82 Å². The van der Waals surface area contributed by atoms with Gasteiger partial charge in [0.05, 0.1) is 18.9 Å². The first-order chi connectivity index (χ1) is 11.0. The van der Waals surface area contributed by atoms with Crippen LogP contribution in [0.1, 0.15) is 25.8 Å². The van der Waals surface area contributed by atoms with Crippen molar-refractivity contribution >= 4 is 27.7 Å². The van der Waals surface area contributed by atoms with E-state index in [-0.39, 0.29) is 11.8 Å². The number of nitrogens with one attached hydrogen (secondary N) is 1. The maximum Gasteiger partial charge on any atom is 0.427 e. The molecule has 0 bridgehead atoms. The SMILES string of the molecule is CC(C)COC(=O)NN=C(c1ccc(Br)cc1F)C1CCOC1.